The van der Waals surface area contributed by atoms with E-state index in [1.807, 2.05) is 19.3 Å². The first-order chi connectivity index (χ1) is 8.04. The summed E-state index contributed by atoms with van der Waals surface area (Å²) in [5.74, 6) is 0.106. The highest BCUT2D eigenvalue weighted by molar-refractivity contribution is 8.14. The average Bonchev–Trinajstić information content (AvgIpc) is 2.74. The maximum absolute atomic E-state index is 11.7. The highest BCUT2D eigenvalue weighted by Crippen LogP contribution is 2.25. The normalized spacial score (nSPS) is 20.0. The number of amides is 1. The molecule has 0 spiro atoms. The molecule has 2 heterocycles. The molecule has 0 N–H and O–H groups in total. The van der Waals surface area contributed by atoms with E-state index in [1.165, 1.54) is 18.7 Å². The molecule has 1 fully saturated rings. The number of rotatable bonds is 3. The quantitative estimate of drug-likeness (QED) is 0.799. The first kappa shape index (κ1) is 12.2. The van der Waals surface area contributed by atoms with Gasteiger partial charge in [0.15, 0.2) is 5.12 Å². The van der Waals surface area contributed by atoms with Gasteiger partial charge < -0.3 is 4.90 Å². The third kappa shape index (κ3) is 3.09. The van der Waals surface area contributed by atoms with Gasteiger partial charge in [0.2, 0.25) is 5.91 Å². The third-order valence-corrected chi connectivity index (χ3v) is 3.61. The first-order valence-electron chi connectivity index (χ1n) is 5.48. The molecule has 17 heavy (non-hydrogen) atoms. The van der Waals surface area contributed by atoms with Crippen LogP contribution in [0.5, 0.6) is 0 Å². The van der Waals surface area contributed by atoms with Crippen LogP contribution in [0, 0.1) is 0 Å². The molecular weight excluding hydrogens is 238 g/mol. The summed E-state index contributed by atoms with van der Waals surface area (Å²) in [6.45, 7) is 2.71. The Morgan fingerprint density at radius 1 is 1.65 bits per heavy atom. The first-order valence-corrected chi connectivity index (χ1v) is 6.36. The van der Waals surface area contributed by atoms with E-state index in [1.54, 1.807) is 9.58 Å². The van der Waals surface area contributed by atoms with Crippen LogP contribution in [0.15, 0.2) is 12.3 Å². The lowest BCUT2D eigenvalue weighted by Gasteiger charge is -2.14. The molecule has 92 valence electrons. The van der Waals surface area contributed by atoms with Crippen molar-refractivity contribution in [3.63, 3.8) is 0 Å². The second-order valence-corrected chi connectivity index (χ2v) is 5.67. The summed E-state index contributed by atoms with van der Waals surface area (Å²) in [5, 5.41) is 4.42. The van der Waals surface area contributed by atoms with Crippen LogP contribution < -0.4 is 0 Å². The van der Waals surface area contributed by atoms with E-state index in [2.05, 4.69) is 5.10 Å². The predicted octanol–water partition coefficient (Wildman–Crippen LogP) is 0.801. The Labute approximate surface area is 104 Å². The number of nitrogens with zero attached hydrogens (tertiary/aromatic N) is 3. The Bertz CT molecular complexity index is 444. The van der Waals surface area contributed by atoms with Crippen molar-refractivity contribution in [2.24, 2.45) is 7.05 Å². The molecule has 1 aliphatic rings. The van der Waals surface area contributed by atoms with Crippen LogP contribution in [0.25, 0.3) is 0 Å². The second-order valence-electron chi connectivity index (χ2n) is 4.19. The van der Waals surface area contributed by atoms with Gasteiger partial charge in [0.1, 0.15) is 0 Å². The van der Waals surface area contributed by atoms with Gasteiger partial charge in [-0.05, 0) is 6.07 Å². The number of hydrogen-bond donors (Lipinski definition) is 0. The number of aromatic nitrogens is 2. The lowest BCUT2D eigenvalue weighted by atomic mass is 10.4. The molecule has 0 bridgehead atoms. The third-order valence-electron chi connectivity index (χ3n) is 2.63. The SMILES string of the molecule is CC(=O)SC1CC(=O)N(Cc2ccn(C)n2)C1. The minimum absolute atomic E-state index is 0.0717. The number of carbonyl (C=O) groups is 2. The molecule has 2 rings (SSSR count). The fourth-order valence-corrected chi connectivity index (χ4v) is 2.90. The molecular formula is C11H15N3O2S. The van der Waals surface area contributed by atoms with Crippen LogP contribution in [0.1, 0.15) is 19.0 Å². The summed E-state index contributed by atoms with van der Waals surface area (Å²) in [4.78, 5) is 24.5. The van der Waals surface area contributed by atoms with Crippen molar-refractivity contribution in [2.45, 2.75) is 25.1 Å². The Balaban J connectivity index is 1.94. The zero-order valence-corrected chi connectivity index (χ0v) is 10.7. The van der Waals surface area contributed by atoms with Gasteiger partial charge in [-0.1, -0.05) is 11.8 Å². The molecule has 1 aliphatic heterocycles. The fourth-order valence-electron chi connectivity index (χ4n) is 1.95. The van der Waals surface area contributed by atoms with Crippen molar-refractivity contribution in [3.8, 4) is 0 Å². The summed E-state index contributed by atoms with van der Waals surface area (Å²) >= 11 is 1.26. The molecule has 1 aromatic rings. The Kier molecular flexibility index (Phi) is 3.51. The van der Waals surface area contributed by atoms with Crippen molar-refractivity contribution in [1.82, 2.24) is 14.7 Å². The van der Waals surface area contributed by atoms with Crippen molar-refractivity contribution in [2.75, 3.05) is 6.54 Å². The molecule has 5 nitrogen and oxygen atoms in total. The summed E-state index contributed by atoms with van der Waals surface area (Å²) < 4.78 is 1.72. The van der Waals surface area contributed by atoms with Gasteiger partial charge in [0.05, 0.1) is 12.2 Å². The van der Waals surface area contributed by atoms with Gasteiger partial charge in [-0.2, -0.15) is 5.10 Å². The molecule has 1 atom stereocenters. The Hall–Kier alpha value is -1.30. The fraction of sp³-hybridized carbons (Fsp3) is 0.545. The summed E-state index contributed by atoms with van der Waals surface area (Å²) in [5.41, 5.74) is 0.884. The van der Waals surface area contributed by atoms with E-state index in [0.29, 0.717) is 19.5 Å². The van der Waals surface area contributed by atoms with Gasteiger partial charge in [-0.15, -0.1) is 0 Å². The second kappa shape index (κ2) is 4.91. The highest BCUT2D eigenvalue weighted by atomic mass is 32.2. The topological polar surface area (TPSA) is 55.2 Å². The highest BCUT2D eigenvalue weighted by Gasteiger charge is 2.31. The van der Waals surface area contributed by atoms with E-state index in [9.17, 15) is 9.59 Å². The number of carbonyl (C=O) groups excluding carboxylic acids is 2. The van der Waals surface area contributed by atoms with Crippen molar-refractivity contribution in [1.29, 1.82) is 0 Å². The summed E-state index contributed by atoms with van der Waals surface area (Å²) in [7, 11) is 1.85. The van der Waals surface area contributed by atoms with Crippen LogP contribution in [0.4, 0.5) is 0 Å². The molecule has 0 radical (unpaired) electrons. The zero-order chi connectivity index (χ0) is 12.4. The monoisotopic (exact) mass is 253 g/mol. The number of hydrogen-bond acceptors (Lipinski definition) is 4. The van der Waals surface area contributed by atoms with Gasteiger partial charge in [0, 0.05) is 38.4 Å². The lowest BCUT2D eigenvalue weighted by molar-refractivity contribution is -0.128. The maximum Gasteiger partial charge on any atom is 0.224 e. The smallest absolute Gasteiger partial charge is 0.224 e. The van der Waals surface area contributed by atoms with Crippen LogP contribution in [0.2, 0.25) is 0 Å². The number of likely N-dealkylation sites (tertiary alicyclic amines) is 1. The van der Waals surface area contributed by atoms with Gasteiger partial charge >= 0.3 is 0 Å². The number of aryl methyl sites for hydroxylation is 1. The van der Waals surface area contributed by atoms with E-state index in [-0.39, 0.29) is 16.3 Å². The maximum atomic E-state index is 11.7. The van der Waals surface area contributed by atoms with E-state index >= 15 is 0 Å². The minimum Gasteiger partial charge on any atom is -0.336 e. The van der Waals surface area contributed by atoms with E-state index in [0.717, 1.165) is 5.69 Å². The zero-order valence-electron chi connectivity index (χ0n) is 9.92. The van der Waals surface area contributed by atoms with E-state index in [4.69, 9.17) is 0 Å². The van der Waals surface area contributed by atoms with Crippen LogP contribution >= 0.6 is 11.8 Å². The number of thioether (sulfide) groups is 1. The molecule has 0 aromatic carbocycles. The molecule has 1 saturated heterocycles. The molecule has 1 amide bonds. The molecule has 0 aliphatic carbocycles. The minimum atomic E-state index is 0.0717. The average molecular weight is 253 g/mol. The predicted molar refractivity (Wildman–Crippen MR) is 65.3 cm³/mol. The molecule has 6 heteroatoms. The van der Waals surface area contributed by atoms with Gasteiger partial charge in [-0.25, -0.2) is 0 Å². The van der Waals surface area contributed by atoms with E-state index < -0.39 is 0 Å². The lowest BCUT2D eigenvalue weighted by Crippen LogP contribution is -2.25. The molecule has 1 unspecified atom stereocenters. The molecule has 0 saturated carbocycles. The molecule has 1 aromatic heterocycles. The summed E-state index contributed by atoms with van der Waals surface area (Å²) in [6.07, 6.45) is 2.31. The van der Waals surface area contributed by atoms with Crippen LogP contribution in [-0.4, -0.2) is 37.5 Å². The van der Waals surface area contributed by atoms with Crippen molar-refractivity contribution < 1.29 is 9.59 Å². The van der Waals surface area contributed by atoms with Gasteiger partial charge in [0.25, 0.3) is 0 Å². The Morgan fingerprint density at radius 3 is 3.00 bits per heavy atom. The van der Waals surface area contributed by atoms with Crippen molar-refractivity contribution >= 4 is 22.8 Å². The summed E-state index contributed by atoms with van der Waals surface area (Å²) in [6, 6.07) is 1.90. The Morgan fingerprint density at radius 2 is 2.41 bits per heavy atom. The van der Waals surface area contributed by atoms with Crippen LogP contribution in [0.3, 0.4) is 0 Å². The van der Waals surface area contributed by atoms with Gasteiger partial charge in [-0.3, -0.25) is 14.3 Å². The standard InChI is InChI=1S/C11H15N3O2S/c1-8(15)17-10-5-11(16)14(7-10)6-9-3-4-13(2)12-9/h3-4,10H,5-7H2,1-2H3. The largest absolute Gasteiger partial charge is 0.336 e. The van der Waals surface area contributed by atoms with Crippen molar-refractivity contribution in [3.05, 3.63) is 18.0 Å². The van der Waals surface area contributed by atoms with Crippen LogP contribution in [-0.2, 0) is 23.2 Å².